The molecule has 3 aromatic carbocycles. The van der Waals surface area contributed by atoms with Gasteiger partial charge in [-0.1, -0.05) is 44.9 Å². The Balaban J connectivity index is 1.65. The fraction of sp³-hybridized carbons (Fsp3) is 0.286. The topological polar surface area (TPSA) is 85.6 Å². The van der Waals surface area contributed by atoms with Gasteiger partial charge in [0.25, 0.3) is 0 Å². The Kier molecular flexibility index (Phi) is 7.03. The second-order valence-corrected chi connectivity index (χ2v) is 8.50. The predicted molar refractivity (Wildman–Crippen MR) is 135 cm³/mol. The number of rotatable bonds is 9. The van der Waals surface area contributed by atoms with E-state index in [1.807, 2.05) is 24.3 Å². The molecule has 1 aliphatic rings. The lowest BCUT2D eigenvalue weighted by Gasteiger charge is -2.26. The van der Waals surface area contributed by atoms with Crippen LogP contribution in [0.5, 0.6) is 11.5 Å². The van der Waals surface area contributed by atoms with Crippen LogP contribution in [0.4, 0.5) is 17.1 Å². The zero-order valence-electron chi connectivity index (χ0n) is 19.6. The van der Waals surface area contributed by atoms with E-state index < -0.39 is 5.97 Å². The lowest BCUT2D eigenvalue weighted by Crippen LogP contribution is -2.25. The zero-order chi connectivity index (χ0) is 24.1. The monoisotopic (exact) mass is 455 g/mol. The van der Waals surface area contributed by atoms with Crippen molar-refractivity contribution in [2.45, 2.75) is 39.5 Å². The Labute approximate surface area is 200 Å². The van der Waals surface area contributed by atoms with Crippen molar-refractivity contribution < 1.29 is 14.6 Å². The third-order valence-electron chi connectivity index (χ3n) is 6.03. The molecule has 0 radical (unpaired) electrons. The fourth-order valence-corrected chi connectivity index (χ4v) is 4.15. The first-order chi connectivity index (χ1) is 16.5. The molecule has 4 rings (SSSR count). The van der Waals surface area contributed by atoms with E-state index in [0.717, 1.165) is 49.9 Å². The van der Waals surface area contributed by atoms with Crippen LogP contribution in [0.2, 0.25) is 0 Å². The van der Waals surface area contributed by atoms with Gasteiger partial charge in [-0.05, 0) is 54.3 Å². The van der Waals surface area contributed by atoms with Gasteiger partial charge in [-0.15, -0.1) is 0 Å². The molecule has 0 bridgehead atoms. The van der Waals surface area contributed by atoms with Gasteiger partial charge in [-0.25, -0.2) is 4.79 Å². The van der Waals surface area contributed by atoms with E-state index in [2.05, 4.69) is 48.3 Å². The first-order valence-electron chi connectivity index (χ1n) is 11.8. The van der Waals surface area contributed by atoms with Crippen LogP contribution in [0.1, 0.15) is 55.5 Å². The van der Waals surface area contributed by atoms with Crippen molar-refractivity contribution in [3.8, 4) is 28.7 Å². The van der Waals surface area contributed by atoms with Crippen LogP contribution in [0.15, 0.2) is 54.6 Å². The third-order valence-corrected chi connectivity index (χ3v) is 6.03. The lowest BCUT2D eigenvalue weighted by atomic mass is 10.0. The molecule has 0 aromatic heterocycles. The zero-order valence-corrected chi connectivity index (χ0v) is 19.6. The summed E-state index contributed by atoms with van der Waals surface area (Å²) in [5.41, 5.74) is 4.60. The maximum atomic E-state index is 11.7. The number of nitriles is 1. The number of carbonyl (C=O) groups is 1. The standard InChI is InChI=1S/C28H29N3O3/c1-3-5-12-31(13-6-4-2)22-9-7-8-20(16-22)21-10-11-24-25(17-21)34-26-15-19(18-29)14-23(28(32)33)27(26)30-24/h7-11,14-17,30H,3-6,12-13H2,1-2H3,(H,32,33). The molecular weight excluding hydrogens is 426 g/mol. The largest absolute Gasteiger partial charge is 0.478 e. The highest BCUT2D eigenvalue weighted by atomic mass is 16.5. The maximum absolute atomic E-state index is 11.7. The van der Waals surface area contributed by atoms with E-state index in [0.29, 0.717) is 22.9 Å². The van der Waals surface area contributed by atoms with Crippen LogP contribution < -0.4 is 15.0 Å². The number of hydrogen-bond acceptors (Lipinski definition) is 5. The number of nitrogens with one attached hydrogen (secondary N) is 1. The number of ether oxygens (including phenoxy) is 1. The highest BCUT2D eigenvalue weighted by molar-refractivity contribution is 5.99. The molecule has 0 amide bonds. The number of unbranched alkanes of at least 4 members (excludes halogenated alkanes) is 2. The van der Waals surface area contributed by atoms with E-state index in [1.54, 1.807) is 6.07 Å². The molecule has 1 heterocycles. The molecule has 174 valence electrons. The summed E-state index contributed by atoms with van der Waals surface area (Å²) in [6.45, 7) is 6.52. The number of anilines is 3. The summed E-state index contributed by atoms with van der Waals surface area (Å²) < 4.78 is 6.07. The Morgan fingerprint density at radius 2 is 1.74 bits per heavy atom. The van der Waals surface area contributed by atoms with Gasteiger partial charge in [-0.2, -0.15) is 5.26 Å². The van der Waals surface area contributed by atoms with E-state index in [-0.39, 0.29) is 11.1 Å². The molecule has 0 aliphatic carbocycles. The summed E-state index contributed by atoms with van der Waals surface area (Å²) in [6, 6.07) is 19.3. The van der Waals surface area contributed by atoms with E-state index in [4.69, 9.17) is 4.74 Å². The highest BCUT2D eigenvalue weighted by Crippen LogP contribution is 2.45. The summed E-state index contributed by atoms with van der Waals surface area (Å²) >= 11 is 0. The first kappa shape index (κ1) is 23.2. The van der Waals surface area contributed by atoms with Gasteiger partial charge in [0.2, 0.25) is 0 Å². The van der Waals surface area contributed by atoms with Crippen molar-refractivity contribution >= 4 is 23.0 Å². The van der Waals surface area contributed by atoms with Gasteiger partial charge in [0, 0.05) is 24.8 Å². The van der Waals surface area contributed by atoms with Gasteiger partial charge in [0.1, 0.15) is 0 Å². The van der Waals surface area contributed by atoms with Gasteiger partial charge in [0.05, 0.1) is 28.6 Å². The van der Waals surface area contributed by atoms with Crippen LogP contribution >= 0.6 is 0 Å². The summed E-state index contributed by atoms with van der Waals surface area (Å²) in [5.74, 6) is -0.187. The Morgan fingerprint density at radius 1 is 1.00 bits per heavy atom. The highest BCUT2D eigenvalue weighted by Gasteiger charge is 2.24. The van der Waals surface area contributed by atoms with Crippen LogP contribution in [-0.4, -0.2) is 24.2 Å². The molecule has 0 saturated carbocycles. The van der Waals surface area contributed by atoms with E-state index in [9.17, 15) is 15.2 Å². The molecule has 0 unspecified atom stereocenters. The maximum Gasteiger partial charge on any atom is 0.338 e. The smallest absolute Gasteiger partial charge is 0.338 e. The molecule has 0 fully saturated rings. The summed E-state index contributed by atoms with van der Waals surface area (Å²) in [7, 11) is 0. The van der Waals surface area contributed by atoms with Crippen LogP contribution in [0.25, 0.3) is 11.1 Å². The number of carboxylic acids is 1. The van der Waals surface area contributed by atoms with Crippen molar-refractivity contribution in [2.24, 2.45) is 0 Å². The Hall–Kier alpha value is -3.98. The molecule has 0 spiro atoms. The molecule has 3 aromatic rings. The lowest BCUT2D eigenvalue weighted by molar-refractivity contribution is 0.0697. The molecular formula is C28H29N3O3. The average molecular weight is 456 g/mol. The second kappa shape index (κ2) is 10.3. The van der Waals surface area contributed by atoms with Crippen molar-refractivity contribution in [3.63, 3.8) is 0 Å². The summed E-state index contributed by atoms with van der Waals surface area (Å²) in [4.78, 5) is 14.2. The Morgan fingerprint density at radius 3 is 2.41 bits per heavy atom. The minimum atomic E-state index is -1.11. The predicted octanol–water partition coefficient (Wildman–Crippen LogP) is 7.18. The molecule has 0 saturated heterocycles. The van der Waals surface area contributed by atoms with E-state index in [1.165, 1.54) is 11.8 Å². The minimum Gasteiger partial charge on any atom is -0.478 e. The molecule has 34 heavy (non-hydrogen) atoms. The van der Waals surface area contributed by atoms with Crippen LogP contribution in [0, 0.1) is 11.3 Å². The number of benzene rings is 3. The van der Waals surface area contributed by atoms with Crippen LogP contribution in [-0.2, 0) is 0 Å². The van der Waals surface area contributed by atoms with Crippen LogP contribution in [0.3, 0.4) is 0 Å². The van der Waals surface area contributed by atoms with Gasteiger partial charge in [-0.3, -0.25) is 0 Å². The molecule has 0 atom stereocenters. The normalized spacial score (nSPS) is 11.4. The average Bonchev–Trinajstić information content (AvgIpc) is 2.86. The van der Waals surface area contributed by atoms with Crippen molar-refractivity contribution in [1.29, 1.82) is 5.26 Å². The number of aromatic carboxylic acids is 1. The van der Waals surface area contributed by atoms with E-state index >= 15 is 0 Å². The summed E-state index contributed by atoms with van der Waals surface area (Å²) in [5, 5.41) is 22.0. The number of nitrogens with zero attached hydrogens (tertiary/aromatic N) is 2. The number of hydrogen-bond donors (Lipinski definition) is 2. The number of carboxylic acid groups (broad SMARTS) is 1. The van der Waals surface area contributed by atoms with Crippen molar-refractivity contribution in [3.05, 3.63) is 65.7 Å². The SMILES string of the molecule is CCCCN(CCCC)c1cccc(-c2ccc3c(c2)Oc2cc(C#N)cc(C(=O)O)c2N3)c1. The fourth-order valence-electron chi connectivity index (χ4n) is 4.15. The first-order valence-corrected chi connectivity index (χ1v) is 11.8. The second-order valence-electron chi connectivity index (χ2n) is 8.50. The van der Waals surface area contributed by atoms with Gasteiger partial charge in [0.15, 0.2) is 11.5 Å². The summed E-state index contributed by atoms with van der Waals surface area (Å²) in [6.07, 6.45) is 4.65. The molecule has 6 nitrogen and oxygen atoms in total. The Bertz CT molecular complexity index is 1240. The minimum absolute atomic E-state index is 0.00993. The van der Waals surface area contributed by atoms with Crippen molar-refractivity contribution in [1.82, 2.24) is 0 Å². The molecule has 2 N–H and O–H groups in total. The van der Waals surface area contributed by atoms with Gasteiger partial charge < -0.3 is 20.1 Å². The van der Waals surface area contributed by atoms with Gasteiger partial charge >= 0.3 is 5.97 Å². The number of fused-ring (bicyclic) bond motifs is 2. The van der Waals surface area contributed by atoms with Crippen molar-refractivity contribution in [2.75, 3.05) is 23.3 Å². The molecule has 6 heteroatoms. The third kappa shape index (κ3) is 4.84. The quantitative estimate of drug-likeness (QED) is 0.278. The molecule has 1 aliphatic heterocycles.